The summed E-state index contributed by atoms with van der Waals surface area (Å²) in [6.07, 6.45) is 5.69. The maximum atomic E-state index is 13.1. The zero-order valence-electron chi connectivity index (χ0n) is 15.9. The average molecular weight is 361 g/mol. The van der Waals surface area contributed by atoms with Gasteiger partial charge in [-0.25, -0.2) is 0 Å². The summed E-state index contributed by atoms with van der Waals surface area (Å²) < 4.78 is 5.31. The fourth-order valence-corrected chi connectivity index (χ4v) is 5.22. The number of aryl methyl sites for hydroxylation is 1. The molecular weight excluding hydrogens is 330 g/mol. The van der Waals surface area contributed by atoms with Gasteiger partial charge in [-0.15, -0.1) is 0 Å². The van der Waals surface area contributed by atoms with Crippen LogP contribution in [0.5, 0.6) is 0 Å². The molecule has 1 aromatic heterocycles. The lowest BCUT2D eigenvalue weighted by Crippen LogP contribution is -2.54. The van der Waals surface area contributed by atoms with Crippen LogP contribution in [0.1, 0.15) is 56.8 Å². The van der Waals surface area contributed by atoms with Crippen LogP contribution in [0.2, 0.25) is 0 Å². The van der Waals surface area contributed by atoms with Gasteiger partial charge in [0.15, 0.2) is 5.82 Å². The number of nitrogens with zero attached hydrogens (tertiary/aromatic N) is 4. The van der Waals surface area contributed by atoms with E-state index in [-0.39, 0.29) is 12.0 Å². The van der Waals surface area contributed by atoms with Crippen LogP contribution < -0.4 is 5.73 Å². The lowest BCUT2D eigenvalue weighted by molar-refractivity contribution is -0.140. The normalized spacial score (nSPS) is 33.9. The minimum atomic E-state index is 0.0977. The molecule has 26 heavy (non-hydrogen) atoms. The van der Waals surface area contributed by atoms with Crippen molar-refractivity contribution in [3.05, 3.63) is 11.7 Å². The fraction of sp³-hybridized carbons (Fsp3) is 0.842. The largest absolute Gasteiger partial charge is 0.340 e. The second kappa shape index (κ2) is 7.27. The van der Waals surface area contributed by atoms with Gasteiger partial charge in [0, 0.05) is 38.1 Å². The minimum Gasteiger partial charge on any atom is -0.340 e. The third-order valence-electron chi connectivity index (χ3n) is 6.84. The van der Waals surface area contributed by atoms with Crippen LogP contribution in [-0.2, 0) is 4.79 Å². The van der Waals surface area contributed by atoms with E-state index in [0.717, 1.165) is 39.0 Å². The van der Waals surface area contributed by atoms with E-state index in [0.29, 0.717) is 35.5 Å². The maximum absolute atomic E-state index is 13.1. The van der Waals surface area contributed by atoms with Crippen molar-refractivity contribution in [2.45, 2.75) is 58.0 Å². The second-order valence-corrected chi connectivity index (χ2v) is 8.41. The summed E-state index contributed by atoms with van der Waals surface area (Å²) in [7, 11) is 0. The Bertz CT molecular complexity index is 626. The molecule has 3 fully saturated rings. The first kappa shape index (κ1) is 17.9. The number of carbonyl (C=O) groups is 1. The molecule has 2 heterocycles. The Balaban J connectivity index is 1.32. The fourth-order valence-electron chi connectivity index (χ4n) is 5.22. The SMILES string of the molecule is Cc1noc(C(C)N2CCN(C(=O)C3CC4CCCC(C3)C4N)CC2)n1. The predicted molar refractivity (Wildman–Crippen MR) is 97.1 cm³/mol. The number of carbonyl (C=O) groups excluding carboxylic acids is 1. The number of rotatable bonds is 3. The molecule has 2 bridgehead atoms. The summed E-state index contributed by atoms with van der Waals surface area (Å²) in [6.45, 7) is 7.21. The van der Waals surface area contributed by atoms with Crippen molar-refractivity contribution in [1.82, 2.24) is 19.9 Å². The summed E-state index contributed by atoms with van der Waals surface area (Å²) in [5, 5.41) is 3.88. The highest BCUT2D eigenvalue weighted by Gasteiger charge is 2.42. The molecule has 4 rings (SSSR count). The summed E-state index contributed by atoms with van der Waals surface area (Å²) in [5.74, 6) is 2.98. The van der Waals surface area contributed by atoms with Crippen molar-refractivity contribution in [2.24, 2.45) is 23.5 Å². The van der Waals surface area contributed by atoms with Crippen LogP contribution in [-0.4, -0.2) is 58.1 Å². The van der Waals surface area contributed by atoms with Crippen molar-refractivity contribution >= 4 is 5.91 Å². The van der Waals surface area contributed by atoms with Gasteiger partial charge in [0.05, 0.1) is 6.04 Å². The molecule has 3 atom stereocenters. The third kappa shape index (κ3) is 3.39. The third-order valence-corrected chi connectivity index (χ3v) is 6.84. The van der Waals surface area contributed by atoms with Crippen LogP contribution in [0.15, 0.2) is 4.52 Å². The van der Waals surface area contributed by atoms with Crippen molar-refractivity contribution < 1.29 is 9.32 Å². The second-order valence-electron chi connectivity index (χ2n) is 8.41. The van der Waals surface area contributed by atoms with Crippen LogP contribution in [0.3, 0.4) is 0 Å². The summed E-state index contributed by atoms with van der Waals surface area (Å²) >= 11 is 0. The smallest absolute Gasteiger partial charge is 0.243 e. The quantitative estimate of drug-likeness (QED) is 0.882. The van der Waals surface area contributed by atoms with Crippen LogP contribution in [0.4, 0.5) is 0 Å². The van der Waals surface area contributed by atoms with E-state index in [1.165, 1.54) is 19.3 Å². The molecule has 0 aromatic carbocycles. The van der Waals surface area contributed by atoms with Crippen LogP contribution in [0, 0.1) is 24.7 Å². The minimum absolute atomic E-state index is 0.0977. The topological polar surface area (TPSA) is 88.5 Å². The first-order valence-corrected chi connectivity index (χ1v) is 10.1. The molecule has 1 amide bonds. The first-order chi connectivity index (χ1) is 12.5. The number of hydrogen-bond donors (Lipinski definition) is 1. The van der Waals surface area contributed by atoms with Gasteiger partial charge in [-0.1, -0.05) is 11.6 Å². The monoisotopic (exact) mass is 361 g/mol. The van der Waals surface area contributed by atoms with E-state index in [2.05, 4.69) is 26.9 Å². The maximum Gasteiger partial charge on any atom is 0.243 e. The van der Waals surface area contributed by atoms with Crippen LogP contribution >= 0.6 is 0 Å². The van der Waals surface area contributed by atoms with Gasteiger partial charge in [-0.3, -0.25) is 9.69 Å². The molecule has 0 spiro atoms. The number of aromatic nitrogens is 2. The lowest BCUT2D eigenvalue weighted by atomic mass is 9.65. The van der Waals surface area contributed by atoms with Gasteiger partial charge in [0.25, 0.3) is 0 Å². The molecule has 3 unspecified atom stereocenters. The zero-order chi connectivity index (χ0) is 18.3. The van der Waals surface area contributed by atoms with E-state index >= 15 is 0 Å². The number of hydrogen-bond acceptors (Lipinski definition) is 6. The Morgan fingerprint density at radius 1 is 1.19 bits per heavy atom. The Kier molecular flexibility index (Phi) is 5.01. The van der Waals surface area contributed by atoms with Crippen molar-refractivity contribution in [3.8, 4) is 0 Å². The Labute approximate surface area is 155 Å². The predicted octanol–water partition coefficient (Wildman–Crippen LogP) is 1.74. The van der Waals surface area contributed by atoms with Gasteiger partial charge in [0.2, 0.25) is 11.8 Å². The van der Waals surface area contributed by atoms with E-state index in [1.54, 1.807) is 0 Å². The zero-order valence-corrected chi connectivity index (χ0v) is 15.9. The molecule has 7 heteroatoms. The van der Waals surface area contributed by atoms with E-state index in [9.17, 15) is 4.79 Å². The van der Waals surface area contributed by atoms with E-state index in [4.69, 9.17) is 10.3 Å². The Hall–Kier alpha value is -1.47. The summed E-state index contributed by atoms with van der Waals surface area (Å²) in [5.41, 5.74) is 6.38. The van der Waals surface area contributed by atoms with Crippen LogP contribution in [0.25, 0.3) is 0 Å². The number of fused-ring (bicyclic) bond motifs is 2. The van der Waals surface area contributed by atoms with E-state index < -0.39 is 0 Å². The van der Waals surface area contributed by atoms with Gasteiger partial charge < -0.3 is 15.2 Å². The molecule has 144 valence electrons. The molecule has 2 N–H and O–H groups in total. The van der Waals surface area contributed by atoms with Gasteiger partial charge >= 0.3 is 0 Å². The standard InChI is InChI=1S/C19H31N5O2/c1-12(18-21-13(2)22-26-18)23-6-8-24(9-7-23)19(25)16-10-14-4-3-5-15(11-16)17(14)20/h12,14-17H,3-11,20H2,1-2H3. The van der Waals surface area contributed by atoms with Crippen molar-refractivity contribution in [1.29, 1.82) is 0 Å². The highest BCUT2D eigenvalue weighted by molar-refractivity contribution is 5.79. The molecular formula is C19H31N5O2. The van der Waals surface area contributed by atoms with E-state index in [1.807, 2.05) is 6.92 Å². The average Bonchev–Trinajstić information content (AvgIpc) is 3.07. The van der Waals surface area contributed by atoms with Gasteiger partial charge in [-0.2, -0.15) is 4.98 Å². The van der Waals surface area contributed by atoms with Crippen molar-refractivity contribution in [3.63, 3.8) is 0 Å². The molecule has 0 radical (unpaired) electrons. The van der Waals surface area contributed by atoms with Gasteiger partial charge in [0.1, 0.15) is 0 Å². The van der Waals surface area contributed by atoms with Gasteiger partial charge in [-0.05, 0) is 51.4 Å². The number of nitrogens with two attached hydrogens (primary N) is 1. The summed E-state index contributed by atoms with van der Waals surface area (Å²) in [6, 6.07) is 0.420. The molecule has 3 aliphatic rings. The Morgan fingerprint density at radius 2 is 1.85 bits per heavy atom. The van der Waals surface area contributed by atoms with Crippen molar-refractivity contribution in [2.75, 3.05) is 26.2 Å². The molecule has 2 saturated carbocycles. The summed E-state index contributed by atoms with van der Waals surface area (Å²) in [4.78, 5) is 21.8. The lowest BCUT2D eigenvalue weighted by Gasteiger charge is -2.45. The first-order valence-electron chi connectivity index (χ1n) is 10.1. The highest BCUT2D eigenvalue weighted by Crippen LogP contribution is 2.42. The number of amides is 1. The Morgan fingerprint density at radius 3 is 2.42 bits per heavy atom. The molecule has 7 nitrogen and oxygen atoms in total. The number of piperazine rings is 1. The molecule has 1 aromatic rings. The molecule has 1 aliphatic heterocycles. The molecule has 1 saturated heterocycles. The molecule has 2 aliphatic carbocycles. The highest BCUT2D eigenvalue weighted by atomic mass is 16.5.